The van der Waals surface area contributed by atoms with E-state index in [-0.39, 0.29) is 16.2 Å². The molecule has 0 bridgehead atoms. The van der Waals surface area contributed by atoms with Crippen LogP contribution >= 0.6 is 15.9 Å². The lowest BCUT2D eigenvalue weighted by Gasteiger charge is -2.15. The molecule has 19 heavy (non-hydrogen) atoms. The number of halogens is 4. The zero-order valence-corrected chi connectivity index (χ0v) is 11.9. The number of sulfonamides is 1. The molecule has 0 aromatic heterocycles. The van der Waals surface area contributed by atoms with Gasteiger partial charge in [-0.25, -0.2) is 13.6 Å². The average molecular weight is 359 g/mol. The summed E-state index contributed by atoms with van der Waals surface area (Å²) in [6.45, 7) is 0. The first-order chi connectivity index (χ1) is 8.59. The number of benzene rings is 1. The number of nitrogens with two attached hydrogens (primary N) is 1. The molecule has 1 aromatic rings. The normalized spacial score (nSPS) is 16.5. The maximum atomic E-state index is 12.7. The highest BCUT2D eigenvalue weighted by Gasteiger charge is 2.35. The second kappa shape index (κ2) is 4.64. The van der Waals surface area contributed by atoms with Crippen LogP contribution in [0.15, 0.2) is 21.5 Å². The van der Waals surface area contributed by atoms with Crippen molar-refractivity contribution >= 4 is 31.6 Å². The van der Waals surface area contributed by atoms with Crippen LogP contribution in [-0.4, -0.2) is 14.5 Å². The van der Waals surface area contributed by atoms with Crippen LogP contribution in [0.1, 0.15) is 18.4 Å². The van der Waals surface area contributed by atoms with E-state index in [0.717, 1.165) is 18.9 Å². The van der Waals surface area contributed by atoms with E-state index < -0.39 is 26.7 Å². The van der Waals surface area contributed by atoms with E-state index in [1.54, 1.807) is 0 Å². The molecule has 3 N–H and O–H groups in total. The lowest BCUT2D eigenvalue weighted by atomic mass is 10.2. The summed E-state index contributed by atoms with van der Waals surface area (Å²) in [6, 6.07) is 1.73. The van der Waals surface area contributed by atoms with Gasteiger partial charge in [0, 0.05) is 10.5 Å². The monoisotopic (exact) mass is 358 g/mol. The Balaban J connectivity index is 2.58. The zero-order valence-electron chi connectivity index (χ0n) is 9.46. The summed E-state index contributed by atoms with van der Waals surface area (Å²) >= 11 is 2.80. The van der Waals surface area contributed by atoms with E-state index >= 15 is 0 Å². The van der Waals surface area contributed by atoms with E-state index in [0.29, 0.717) is 6.07 Å². The van der Waals surface area contributed by atoms with Crippen LogP contribution in [0.3, 0.4) is 0 Å². The quantitative estimate of drug-likeness (QED) is 0.872. The van der Waals surface area contributed by atoms with Crippen molar-refractivity contribution in [2.24, 2.45) is 5.14 Å². The Morgan fingerprint density at radius 2 is 1.89 bits per heavy atom. The Kier molecular flexibility index (Phi) is 3.56. The highest BCUT2D eigenvalue weighted by atomic mass is 79.9. The van der Waals surface area contributed by atoms with Gasteiger partial charge in [0.15, 0.2) is 0 Å². The molecule has 1 aliphatic carbocycles. The third-order valence-corrected chi connectivity index (χ3v) is 4.23. The van der Waals surface area contributed by atoms with Gasteiger partial charge in [-0.1, -0.05) is 15.9 Å². The summed E-state index contributed by atoms with van der Waals surface area (Å²) in [5.41, 5.74) is -0.984. The van der Waals surface area contributed by atoms with Gasteiger partial charge in [-0.05, 0) is 25.0 Å². The fourth-order valence-electron chi connectivity index (χ4n) is 1.57. The molecule has 1 fully saturated rings. The van der Waals surface area contributed by atoms with Crippen molar-refractivity contribution in [1.82, 2.24) is 0 Å². The minimum atomic E-state index is -4.66. The fourth-order valence-corrected chi connectivity index (χ4v) is 2.84. The fraction of sp³-hybridized carbons (Fsp3) is 0.400. The lowest BCUT2D eigenvalue weighted by molar-refractivity contribution is -0.138. The molecule has 0 saturated heterocycles. The van der Waals surface area contributed by atoms with Gasteiger partial charge in [0.2, 0.25) is 10.0 Å². The summed E-state index contributed by atoms with van der Waals surface area (Å²) in [4.78, 5) is -0.546. The molecule has 2 rings (SSSR count). The van der Waals surface area contributed by atoms with Crippen LogP contribution in [-0.2, 0) is 16.2 Å². The number of primary sulfonamides is 1. The Bertz CT molecular complexity index is 612. The molecule has 1 saturated carbocycles. The van der Waals surface area contributed by atoms with E-state index in [1.807, 2.05) is 0 Å². The molecule has 0 unspecified atom stereocenters. The van der Waals surface area contributed by atoms with Crippen molar-refractivity contribution in [2.75, 3.05) is 5.32 Å². The number of nitrogens with one attached hydrogen (secondary N) is 1. The molecule has 0 spiro atoms. The Labute approximate surface area is 116 Å². The molecule has 106 valence electrons. The van der Waals surface area contributed by atoms with Gasteiger partial charge in [0.1, 0.15) is 4.90 Å². The van der Waals surface area contributed by atoms with E-state index in [2.05, 4.69) is 21.2 Å². The Hall–Kier alpha value is -0.800. The lowest BCUT2D eigenvalue weighted by Crippen LogP contribution is -2.18. The van der Waals surface area contributed by atoms with E-state index in [1.165, 1.54) is 0 Å². The SMILES string of the molecule is NS(=O)(=O)c1cc(C(F)(F)F)c(Br)cc1NC1CC1. The van der Waals surface area contributed by atoms with Crippen molar-refractivity contribution in [2.45, 2.75) is 30.0 Å². The standard InChI is InChI=1S/C10H10BrF3N2O2S/c11-7-4-8(16-5-1-2-5)9(19(15,17)18)3-6(7)10(12,13)14/h3-5,16H,1-2H2,(H2,15,17,18). The molecule has 1 aliphatic rings. The number of anilines is 1. The number of alkyl halides is 3. The van der Waals surface area contributed by atoms with Crippen molar-refractivity contribution in [3.05, 3.63) is 22.2 Å². The molecule has 0 aliphatic heterocycles. The maximum Gasteiger partial charge on any atom is 0.417 e. The number of hydrogen-bond acceptors (Lipinski definition) is 3. The van der Waals surface area contributed by atoms with Gasteiger partial charge in [0.25, 0.3) is 0 Å². The zero-order chi connectivity index (χ0) is 14.4. The molecular formula is C10H10BrF3N2O2S. The summed E-state index contributed by atoms with van der Waals surface area (Å²) < 4.78 is 60.8. The predicted molar refractivity (Wildman–Crippen MR) is 67.2 cm³/mol. The highest BCUT2D eigenvalue weighted by Crippen LogP contribution is 2.40. The van der Waals surface area contributed by atoms with Gasteiger partial charge in [-0.15, -0.1) is 0 Å². The number of hydrogen-bond donors (Lipinski definition) is 2. The van der Waals surface area contributed by atoms with Crippen molar-refractivity contribution in [1.29, 1.82) is 0 Å². The molecule has 1 aromatic carbocycles. The number of rotatable bonds is 3. The first kappa shape index (κ1) is 14.6. The summed E-state index contributed by atoms with van der Waals surface area (Å²) in [7, 11) is -4.23. The van der Waals surface area contributed by atoms with Gasteiger partial charge in [-0.3, -0.25) is 0 Å². The maximum absolute atomic E-state index is 12.7. The van der Waals surface area contributed by atoms with Crippen LogP contribution in [0.4, 0.5) is 18.9 Å². The molecule has 0 atom stereocenters. The third-order valence-electron chi connectivity index (χ3n) is 2.62. The van der Waals surface area contributed by atoms with E-state index in [9.17, 15) is 21.6 Å². The van der Waals surface area contributed by atoms with Crippen molar-refractivity contribution < 1.29 is 21.6 Å². The summed E-state index contributed by atoms with van der Waals surface area (Å²) in [5.74, 6) is 0. The van der Waals surface area contributed by atoms with Crippen LogP contribution in [0, 0.1) is 0 Å². The summed E-state index contributed by atoms with van der Waals surface area (Å²) in [5, 5.41) is 7.82. The van der Waals surface area contributed by atoms with Crippen LogP contribution < -0.4 is 10.5 Å². The summed E-state index contributed by atoms with van der Waals surface area (Å²) in [6.07, 6.45) is -2.96. The second-order valence-corrected chi connectivity index (χ2v) is 6.67. The minimum Gasteiger partial charge on any atom is -0.381 e. The van der Waals surface area contributed by atoms with Crippen LogP contribution in [0.5, 0.6) is 0 Å². The first-order valence-electron chi connectivity index (χ1n) is 5.29. The predicted octanol–water partition coefficient (Wildman–Crippen LogP) is 2.69. The third kappa shape index (κ3) is 3.40. The van der Waals surface area contributed by atoms with Crippen molar-refractivity contribution in [3.63, 3.8) is 0 Å². The first-order valence-corrected chi connectivity index (χ1v) is 7.63. The molecule has 4 nitrogen and oxygen atoms in total. The smallest absolute Gasteiger partial charge is 0.381 e. The van der Waals surface area contributed by atoms with Crippen LogP contribution in [0.25, 0.3) is 0 Å². The second-order valence-electron chi connectivity index (χ2n) is 4.29. The van der Waals surface area contributed by atoms with E-state index in [4.69, 9.17) is 5.14 Å². The topological polar surface area (TPSA) is 72.2 Å². The van der Waals surface area contributed by atoms with Crippen molar-refractivity contribution in [3.8, 4) is 0 Å². The van der Waals surface area contributed by atoms with Crippen LogP contribution in [0.2, 0.25) is 0 Å². The molecule has 0 heterocycles. The van der Waals surface area contributed by atoms with Gasteiger partial charge in [-0.2, -0.15) is 13.2 Å². The largest absolute Gasteiger partial charge is 0.417 e. The molecule has 0 amide bonds. The molecule has 0 radical (unpaired) electrons. The Morgan fingerprint density at radius 3 is 2.32 bits per heavy atom. The minimum absolute atomic E-state index is 0.0872. The molecular weight excluding hydrogens is 349 g/mol. The average Bonchev–Trinajstić information content (AvgIpc) is 2.97. The van der Waals surface area contributed by atoms with Gasteiger partial charge in [0.05, 0.1) is 11.3 Å². The molecule has 9 heteroatoms. The van der Waals surface area contributed by atoms with Gasteiger partial charge >= 0.3 is 6.18 Å². The van der Waals surface area contributed by atoms with Gasteiger partial charge < -0.3 is 5.32 Å². The highest BCUT2D eigenvalue weighted by molar-refractivity contribution is 9.10. The Morgan fingerprint density at radius 1 is 1.32 bits per heavy atom.